The van der Waals surface area contributed by atoms with Crippen LogP contribution in [0.3, 0.4) is 0 Å². The van der Waals surface area contributed by atoms with Crippen LogP contribution in [0.4, 0.5) is 0 Å². The lowest BCUT2D eigenvalue weighted by molar-refractivity contribution is 0.274. The molecule has 1 aromatic rings. The maximum Gasteiger partial charge on any atom is 0.142 e. The van der Waals surface area contributed by atoms with Gasteiger partial charge < -0.3 is 10.2 Å². The Balaban J connectivity index is 0.00000144. The SMILES string of the molecule is Cc1ncc(CBr)c(CO)c1O.Cl. The van der Waals surface area contributed by atoms with Gasteiger partial charge in [0, 0.05) is 17.1 Å². The molecule has 0 radical (unpaired) electrons. The number of hydrogen-bond donors (Lipinski definition) is 2. The van der Waals surface area contributed by atoms with Crippen LogP contribution in [-0.4, -0.2) is 15.2 Å². The van der Waals surface area contributed by atoms with Crippen molar-refractivity contribution in [2.45, 2.75) is 18.9 Å². The molecule has 13 heavy (non-hydrogen) atoms. The maximum absolute atomic E-state index is 9.47. The third-order valence-corrected chi connectivity index (χ3v) is 2.34. The molecule has 0 unspecified atom stereocenters. The summed E-state index contributed by atoms with van der Waals surface area (Å²) in [6.45, 7) is 1.54. The van der Waals surface area contributed by atoms with Gasteiger partial charge in [0.15, 0.2) is 0 Å². The third-order valence-electron chi connectivity index (χ3n) is 1.73. The molecular formula is C8H11BrClNO2. The van der Waals surface area contributed by atoms with Crippen molar-refractivity contribution in [1.29, 1.82) is 0 Å². The summed E-state index contributed by atoms with van der Waals surface area (Å²) < 4.78 is 0. The molecule has 2 N–H and O–H groups in total. The largest absolute Gasteiger partial charge is 0.506 e. The first-order valence-corrected chi connectivity index (χ1v) is 4.66. The Bertz CT molecular complexity index is 294. The zero-order valence-corrected chi connectivity index (χ0v) is 9.52. The molecule has 0 saturated heterocycles. The number of aryl methyl sites for hydroxylation is 1. The number of aliphatic hydroxyl groups excluding tert-OH is 1. The van der Waals surface area contributed by atoms with Gasteiger partial charge in [-0.05, 0) is 12.5 Å². The lowest BCUT2D eigenvalue weighted by Crippen LogP contribution is -1.96. The minimum atomic E-state index is -0.157. The summed E-state index contributed by atoms with van der Waals surface area (Å²) in [5.74, 6) is 0.0921. The lowest BCUT2D eigenvalue weighted by atomic mass is 10.1. The number of hydrogen-bond acceptors (Lipinski definition) is 3. The molecule has 0 saturated carbocycles. The van der Waals surface area contributed by atoms with Gasteiger partial charge in [0.05, 0.1) is 12.3 Å². The summed E-state index contributed by atoms with van der Waals surface area (Å²) in [7, 11) is 0. The molecule has 0 aliphatic rings. The van der Waals surface area contributed by atoms with Gasteiger partial charge in [-0.3, -0.25) is 4.98 Å². The number of rotatable bonds is 2. The predicted octanol–water partition coefficient (Wildman–Crippen LogP) is 1.90. The van der Waals surface area contributed by atoms with E-state index in [1.807, 2.05) is 0 Å². The van der Waals surface area contributed by atoms with E-state index >= 15 is 0 Å². The van der Waals surface area contributed by atoms with E-state index in [1.165, 1.54) is 0 Å². The zero-order chi connectivity index (χ0) is 9.14. The van der Waals surface area contributed by atoms with Gasteiger partial charge in [-0.1, -0.05) is 15.9 Å². The molecule has 0 aromatic carbocycles. The first-order chi connectivity index (χ1) is 5.70. The molecule has 0 atom stereocenters. The molecule has 1 rings (SSSR count). The summed E-state index contributed by atoms with van der Waals surface area (Å²) >= 11 is 3.25. The van der Waals surface area contributed by atoms with E-state index in [4.69, 9.17) is 5.11 Å². The Kier molecular flexibility index (Phi) is 5.29. The van der Waals surface area contributed by atoms with Crippen LogP contribution < -0.4 is 0 Å². The topological polar surface area (TPSA) is 53.4 Å². The lowest BCUT2D eigenvalue weighted by Gasteiger charge is -2.07. The molecule has 0 bridgehead atoms. The molecule has 1 heterocycles. The van der Waals surface area contributed by atoms with E-state index in [-0.39, 0.29) is 24.8 Å². The molecular weight excluding hydrogens is 257 g/mol. The van der Waals surface area contributed by atoms with Crippen molar-refractivity contribution in [1.82, 2.24) is 4.98 Å². The Morgan fingerprint density at radius 3 is 2.62 bits per heavy atom. The Labute approximate surface area is 91.4 Å². The molecule has 74 valence electrons. The van der Waals surface area contributed by atoms with E-state index in [1.54, 1.807) is 13.1 Å². The second-order valence-corrected chi connectivity index (χ2v) is 3.05. The van der Waals surface area contributed by atoms with Crippen molar-refractivity contribution in [2.24, 2.45) is 0 Å². The number of halogens is 2. The van der Waals surface area contributed by atoms with E-state index in [2.05, 4.69) is 20.9 Å². The van der Waals surface area contributed by atoms with Gasteiger partial charge in [0.2, 0.25) is 0 Å². The highest BCUT2D eigenvalue weighted by atomic mass is 79.9. The fourth-order valence-electron chi connectivity index (χ4n) is 0.976. The zero-order valence-electron chi connectivity index (χ0n) is 7.12. The normalized spacial score (nSPS) is 9.46. The Hall–Kier alpha value is -0.320. The summed E-state index contributed by atoms with van der Waals surface area (Å²) in [5.41, 5.74) is 1.92. The van der Waals surface area contributed by atoms with Crippen molar-refractivity contribution in [3.05, 3.63) is 23.0 Å². The average Bonchev–Trinajstić information content (AvgIpc) is 2.09. The van der Waals surface area contributed by atoms with Crippen LogP contribution in [0.15, 0.2) is 6.20 Å². The van der Waals surface area contributed by atoms with Crippen LogP contribution in [0.25, 0.3) is 0 Å². The first-order valence-electron chi connectivity index (χ1n) is 3.53. The fraction of sp³-hybridized carbons (Fsp3) is 0.375. The smallest absolute Gasteiger partial charge is 0.142 e. The third kappa shape index (κ3) is 2.56. The summed E-state index contributed by atoms with van der Waals surface area (Å²) in [6, 6.07) is 0. The Morgan fingerprint density at radius 2 is 2.15 bits per heavy atom. The molecule has 0 aliphatic carbocycles. The van der Waals surface area contributed by atoms with E-state index < -0.39 is 0 Å². The number of nitrogens with zero attached hydrogens (tertiary/aromatic N) is 1. The summed E-state index contributed by atoms with van der Waals surface area (Å²) in [5, 5.41) is 19.0. The van der Waals surface area contributed by atoms with Crippen molar-refractivity contribution in [3.63, 3.8) is 0 Å². The predicted molar refractivity (Wildman–Crippen MR) is 56.4 cm³/mol. The van der Waals surface area contributed by atoms with E-state index in [9.17, 15) is 5.11 Å². The molecule has 0 fully saturated rings. The van der Waals surface area contributed by atoms with Gasteiger partial charge in [-0.25, -0.2) is 0 Å². The van der Waals surface area contributed by atoms with Gasteiger partial charge in [0.25, 0.3) is 0 Å². The second-order valence-electron chi connectivity index (χ2n) is 2.49. The summed E-state index contributed by atoms with van der Waals surface area (Å²) in [4.78, 5) is 3.97. The highest BCUT2D eigenvalue weighted by Gasteiger charge is 2.08. The van der Waals surface area contributed by atoms with E-state index in [0.29, 0.717) is 16.6 Å². The van der Waals surface area contributed by atoms with Crippen molar-refractivity contribution < 1.29 is 10.2 Å². The maximum atomic E-state index is 9.47. The van der Waals surface area contributed by atoms with Crippen LogP contribution in [-0.2, 0) is 11.9 Å². The van der Waals surface area contributed by atoms with Crippen molar-refractivity contribution >= 4 is 28.3 Å². The van der Waals surface area contributed by atoms with Crippen LogP contribution in [0.1, 0.15) is 16.8 Å². The minimum Gasteiger partial charge on any atom is -0.506 e. The minimum absolute atomic E-state index is 0. The first kappa shape index (κ1) is 12.7. The van der Waals surface area contributed by atoms with Gasteiger partial charge in [-0.15, -0.1) is 12.4 Å². The Morgan fingerprint density at radius 1 is 1.54 bits per heavy atom. The monoisotopic (exact) mass is 267 g/mol. The number of aromatic nitrogens is 1. The molecule has 3 nitrogen and oxygen atoms in total. The number of aliphatic hydroxyl groups is 1. The average molecular weight is 269 g/mol. The van der Waals surface area contributed by atoms with Gasteiger partial charge in [-0.2, -0.15) is 0 Å². The van der Waals surface area contributed by atoms with Crippen LogP contribution >= 0.6 is 28.3 Å². The van der Waals surface area contributed by atoms with Crippen LogP contribution in [0.2, 0.25) is 0 Å². The number of aromatic hydroxyl groups is 1. The molecule has 0 aliphatic heterocycles. The highest BCUT2D eigenvalue weighted by Crippen LogP contribution is 2.24. The van der Waals surface area contributed by atoms with Gasteiger partial charge in [0.1, 0.15) is 5.75 Å². The van der Waals surface area contributed by atoms with Crippen molar-refractivity contribution in [3.8, 4) is 5.75 Å². The van der Waals surface area contributed by atoms with Crippen LogP contribution in [0.5, 0.6) is 5.75 Å². The second kappa shape index (κ2) is 5.42. The summed E-state index contributed by atoms with van der Waals surface area (Å²) in [6.07, 6.45) is 1.65. The van der Waals surface area contributed by atoms with Crippen molar-refractivity contribution in [2.75, 3.05) is 0 Å². The number of pyridine rings is 1. The quantitative estimate of drug-likeness (QED) is 0.806. The highest BCUT2D eigenvalue weighted by molar-refractivity contribution is 9.08. The molecule has 5 heteroatoms. The number of alkyl halides is 1. The molecule has 0 spiro atoms. The molecule has 0 amide bonds. The standard InChI is InChI=1S/C8H10BrNO2.ClH/c1-5-8(12)7(4-11)6(2-9)3-10-5;/h3,11-12H,2,4H2,1H3;1H. The fourth-order valence-corrected chi connectivity index (χ4v) is 1.46. The van der Waals surface area contributed by atoms with E-state index in [0.717, 1.165) is 5.56 Å². The van der Waals surface area contributed by atoms with Crippen LogP contribution in [0, 0.1) is 6.92 Å². The van der Waals surface area contributed by atoms with Gasteiger partial charge >= 0.3 is 0 Å². The molecule has 1 aromatic heterocycles.